The van der Waals surface area contributed by atoms with Crippen LogP contribution >= 0.6 is 0 Å². The molecule has 2 aromatic rings. The van der Waals surface area contributed by atoms with Crippen LogP contribution in [-0.4, -0.2) is 16.2 Å². The number of benzene rings is 1. The van der Waals surface area contributed by atoms with Crippen molar-refractivity contribution in [3.8, 4) is 11.3 Å². The highest BCUT2D eigenvalue weighted by Crippen LogP contribution is 2.26. The van der Waals surface area contributed by atoms with E-state index in [9.17, 15) is 13.6 Å². The first-order chi connectivity index (χ1) is 7.99. The van der Waals surface area contributed by atoms with E-state index in [0.717, 1.165) is 12.1 Å². The second-order valence-corrected chi connectivity index (χ2v) is 3.43. The molecule has 0 aliphatic heterocycles. The topological polar surface area (TPSA) is 63.3 Å². The minimum absolute atomic E-state index is 0.0248. The Morgan fingerprint density at radius 3 is 2.41 bits per heavy atom. The highest BCUT2D eigenvalue weighted by molar-refractivity contribution is 5.95. The number of aromatic nitrogens is 1. The average Bonchev–Trinajstić information content (AvgIpc) is 2.58. The Labute approximate surface area is 94.5 Å². The van der Waals surface area contributed by atoms with Crippen LogP contribution in [0.25, 0.3) is 11.3 Å². The quantitative estimate of drug-likeness (QED) is 0.874. The van der Waals surface area contributed by atoms with Crippen LogP contribution in [0.3, 0.4) is 0 Å². The van der Waals surface area contributed by atoms with E-state index in [1.165, 1.54) is 6.92 Å². The van der Waals surface area contributed by atoms with Gasteiger partial charge in [-0.3, -0.25) is 0 Å². The predicted octanol–water partition coefficient (Wildman–Crippen LogP) is 2.63. The fraction of sp³-hybridized carbons (Fsp3) is 0.0909. The number of carboxylic acids is 1. The van der Waals surface area contributed by atoms with Crippen LogP contribution in [0.2, 0.25) is 0 Å². The maximum Gasteiger partial charge on any atom is 0.341 e. The zero-order valence-electron chi connectivity index (χ0n) is 8.70. The number of nitrogens with zero attached hydrogens (tertiary/aromatic N) is 1. The van der Waals surface area contributed by atoms with Gasteiger partial charge >= 0.3 is 5.97 Å². The lowest BCUT2D eigenvalue weighted by Gasteiger charge is -1.99. The molecule has 0 spiro atoms. The molecule has 0 radical (unpaired) electrons. The van der Waals surface area contributed by atoms with Crippen molar-refractivity contribution in [3.05, 3.63) is 41.2 Å². The van der Waals surface area contributed by atoms with E-state index >= 15 is 0 Å². The van der Waals surface area contributed by atoms with E-state index in [4.69, 9.17) is 9.63 Å². The van der Waals surface area contributed by atoms with Gasteiger partial charge in [0.15, 0.2) is 0 Å². The van der Waals surface area contributed by atoms with Crippen molar-refractivity contribution in [1.29, 1.82) is 0 Å². The molecule has 17 heavy (non-hydrogen) atoms. The monoisotopic (exact) mass is 239 g/mol. The molecule has 1 heterocycles. The Morgan fingerprint density at radius 2 is 1.88 bits per heavy atom. The van der Waals surface area contributed by atoms with E-state index in [0.29, 0.717) is 6.07 Å². The lowest BCUT2D eigenvalue weighted by atomic mass is 10.1. The lowest BCUT2D eigenvalue weighted by Crippen LogP contribution is -1.99. The van der Waals surface area contributed by atoms with E-state index in [1.54, 1.807) is 0 Å². The van der Waals surface area contributed by atoms with Crippen LogP contribution in [0.5, 0.6) is 0 Å². The number of aromatic carboxylic acids is 1. The van der Waals surface area contributed by atoms with E-state index in [1.807, 2.05) is 0 Å². The first-order valence-electron chi connectivity index (χ1n) is 4.65. The van der Waals surface area contributed by atoms with Crippen molar-refractivity contribution in [2.24, 2.45) is 0 Å². The Morgan fingerprint density at radius 1 is 1.29 bits per heavy atom. The molecule has 0 saturated carbocycles. The lowest BCUT2D eigenvalue weighted by molar-refractivity contribution is 0.0695. The van der Waals surface area contributed by atoms with Gasteiger partial charge in [0.25, 0.3) is 0 Å². The minimum Gasteiger partial charge on any atom is -0.477 e. The summed E-state index contributed by atoms with van der Waals surface area (Å²) in [5.41, 5.74) is -0.264. The maximum atomic E-state index is 13.0. The summed E-state index contributed by atoms with van der Waals surface area (Å²) in [6.45, 7) is 1.41. The van der Waals surface area contributed by atoms with Crippen LogP contribution in [-0.2, 0) is 0 Å². The summed E-state index contributed by atoms with van der Waals surface area (Å²) >= 11 is 0. The SMILES string of the molecule is Cc1onc(-c2cc(F)cc(F)c2)c1C(=O)O. The standard InChI is InChI=1S/C11H7F2NO3/c1-5-9(11(15)16)10(14-17-5)6-2-7(12)4-8(13)3-6/h2-4H,1H3,(H,15,16). The van der Waals surface area contributed by atoms with Gasteiger partial charge < -0.3 is 9.63 Å². The Hall–Kier alpha value is -2.24. The van der Waals surface area contributed by atoms with Crippen molar-refractivity contribution in [1.82, 2.24) is 5.16 Å². The smallest absolute Gasteiger partial charge is 0.341 e. The molecule has 0 atom stereocenters. The average molecular weight is 239 g/mol. The largest absolute Gasteiger partial charge is 0.477 e. The molecule has 0 bridgehead atoms. The third-order valence-corrected chi connectivity index (χ3v) is 2.21. The summed E-state index contributed by atoms with van der Waals surface area (Å²) in [6, 6.07) is 2.68. The Balaban J connectivity index is 2.64. The molecule has 88 valence electrons. The molecule has 0 unspecified atom stereocenters. The van der Waals surface area contributed by atoms with Gasteiger partial charge in [0.05, 0.1) is 0 Å². The molecule has 1 aromatic heterocycles. The summed E-state index contributed by atoms with van der Waals surface area (Å²) in [5, 5.41) is 12.4. The van der Waals surface area contributed by atoms with Gasteiger partial charge in [0.2, 0.25) is 0 Å². The number of carbonyl (C=O) groups is 1. The third kappa shape index (κ3) is 2.01. The van der Waals surface area contributed by atoms with Gasteiger partial charge in [-0.25, -0.2) is 13.6 Å². The van der Waals surface area contributed by atoms with Gasteiger partial charge in [-0.05, 0) is 19.1 Å². The summed E-state index contributed by atoms with van der Waals surface area (Å²) in [4.78, 5) is 11.0. The number of hydrogen-bond acceptors (Lipinski definition) is 3. The number of hydrogen-bond donors (Lipinski definition) is 1. The maximum absolute atomic E-state index is 13.0. The normalized spacial score (nSPS) is 10.5. The molecule has 0 aliphatic rings. The van der Waals surface area contributed by atoms with E-state index in [-0.39, 0.29) is 22.6 Å². The molecule has 0 saturated heterocycles. The molecular weight excluding hydrogens is 232 g/mol. The van der Waals surface area contributed by atoms with Crippen molar-refractivity contribution in [3.63, 3.8) is 0 Å². The van der Waals surface area contributed by atoms with Gasteiger partial charge in [0, 0.05) is 11.6 Å². The van der Waals surface area contributed by atoms with Crippen molar-refractivity contribution in [2.45, 2.75) is 6.92 Å². The van der Waals surface area contributed by atoms with Gasteiger partial charge in [-0.1, -0.05) is 5.16 Å². The van der Waals surface area contributed by atoms with Crippen molar-refractivity contribution < 1.29 is 23.2 Å². The highest BCUT2D eigenvalue weighted by atomic mass is 19.1. The number of aryl methyl sites for hydroxylation is 1. The zero-order chi connectivity index (χ0) is 12.6. The molecule has 6 heteroatoms. The molecule has 0 aliphatic carbocycles. The number of rotatable bonds is 2. The van der Waals surface area contributed by atoms with Crippen LogP contribution < -0.4 is 0 Å². The zero-order valence-corrected chi connectivity index (χ0v) is 8.70. The number of halogens is 2. The van der Waals surface area contributed by atoms with Gasteiger partial charge in [-0.2, -0.15) is 0 Å². The first kappa shape index (κ1) is 11.3. The molecule has 0 amide bonds. The van der Waals surface area contributed by atoms with Crippen LogP contribution in [0.1, 0.15) is 16.1 Å². The fourth-order valence-corrected chi connectivity index (χ4v) is 1.51. The van der Waals surface area contributed by atoms with Crippen molar-refractivity contribution in [2.75, 3.05) is 0 Å². The molecule has 1 N–H and O–H groups in total. The molecular formula is C11H7F2NO3. The first-order valence-corrected chi connectivity index (χ1v) is 4.65. The summed E-state index contributed by atoms with van der Waals surface area (Å²) in [7, 11) is 0. The highest BCUT2D eigenvalue weighted by Gasteiger charge is 2.21. The minimum atomic E-state index is -1.26. The number of carboxylic acid groups (broad SMARTS) is 1. The second kappa shape index (κ2) is 3.97. The Bertz CT molecular complexity index is 572. The Kier molecular flexibility index (Phi) is 2.63. The third-order valence-electron chi connectivity index (χ3n) is 2.21. The van der Waals surface area contributed by atoms with Crippen LogP contribution in [0.4, 0.5) is 8.78 Å². The van der Waals surface area contributed by atoms with E-state index in [2.05, 4.69) is 5.16 Å². The summed E-state index contributed by atoms with van der Waals surface area (Å²) in [6.07, 6.45) is 0. The second-order valence-electron chi connectivity index (χ2n) is 3.43. The van der Waals surface area contributed by atoms with E-state index < -0.39 is 17.6 Å². The molecule has 4 nitrogen and oxygen atoms in total. The fourth-order valence-electron chi connectivity index (χ4n) is 1.51. The molecule has 2 rings (SSSR count). The van der Waals surface area contributed by atoms with Gasteiger partial charge in [-0.15, -0.1) is 0 Å². The van der Waals surface area contributed by atoms with Gasteiger partial charge in [0.1, 0.15) is 28.7 Å². The molecule has 1 aromatic carbocycles. The van der Waals surface area contributed by atoms with Crippen molar-refractivity contribution >= 4 is 5.97 Å². The summed E-state index contributed by atoms with van der Waals surface area (Å²) in [5.74, 6) is -2.80. The van der Waals surface area contributed by atoms with Crippen LogP contribution in [0.15, 0.2) is 22.7 Å². The van der Waals surface area contributed by atoms with Crippen LogP contribution in [0, 0.1) is 18.6 Å². The molecule has 0 fully saturated rings. The summed E-state index contributed by atoms with van der Waals surface area (Å²) < 4.78 is 30.7. The predicted molar refractivity (Wildman–Crippen MR) is 53.6 cm³/mol.